The normalized spacial score (nSPS) is 16.3. The lowest BCUT2D eigenvalue weighted by Crippen LogP contribution is -2.46. The number of esters is 1. The van der Waals surface area contributed by atoms with E-state index in [9.17, 15) is 9.18 Å². The van der Waals surface area contributed by atoms with E-state index in [0.717, 1.165) is 5.56 Å². The lowest BCUT2D eigenvalue weighted by Gasteiger charge is -2.34. The van der Waals surface area contributed by atoms with E-state index in [1.54, 1.807) is 22.9 Å². The summed E-state index contributed by atoms with van der Waals surface area (Å²) in [5, 5.41) is 7.93. The van der Waals surface area contributed by atoms with E-state index < -0.39 is 6.04 Å². The molecule has 0 radical (unpaired) electrons. The Kier molecular flexibility index (Phi) is 5.70. The Bertz CT molecular complexity index is 1100. The van der Waals surface area contributed by atoms with E-state index >= 15 is 0 Å². The van der Waals surface area contributed by atoms with Gasteiger partial charge in [0.2, 0.25) is 5.13 Å². The summed E-state index contributed by atoms with van der Waals surface area (Å²) in [6.45, 7) is 0.924. The topological polar surface area (TPSA) is 59.4 Å². The fraction of sp³-hybridized carbons (Fsp3) is 0.250. The number of nitrogens with one attached hydrogen (secondary N) is 1. The number of carbonyl (C=O) groups excluding carboxylic acids is 1. The minimum Gasteiger partial charge on any atom is -0.468 e. The Morgan fingerprint density at radius 2 is 2.00 bits per heavy atom. The van der Waals surface area contributed by atoms with Crippen molar-refractivity contribution in [3.05, 3.63) is 69.4 Å². The van der Waals surface area contributed by atoms with Gasteiger partial charge in [-0.2, -0.15) is 0 Å². The van der Waals surface area contributed by atoms with Crippen LogP contribution in [0.5, 0.6) is 0 Å². The number of aromatic nitrogens is 2. The zero-order valence-corrected chi connectivity index (χ0v) is 17.3. The highest BCUT2D eigenvalue weighted by atomic mass is 32.1. The molecule has 2 aromatic carbocycles. The second-order valence-electron chi connectivity index (χ2n) is 6.68. The maximum Gasteiger partial charge on any atom is 0.323 e. The van der Waals surface area contributed by atoms with Gasteiger partial charge in [0.1, 0.15) is 11.9 Å². The van der Waals surface area contributed by atoms with E-state index in [-0.39, 0.29) is 11.8 Å². The molecule has 0 fully saturated rings. The van der Waals surface area contributed by atoms with Crippen LogP contribution in [0, 0.1) is 9.77 Å². The minimum atomic E-state index is -0.415. The lowest BCUT2D eigenvalue weighted by molar-refractivity contribution is -0.148. The van der Waals surface area contributed by atoms with Gasteiger partial charge < -0.3 is 10.1 Å². The van der Waals surface area contributed by atoms with E-state index in [1.165, 1.54) is 30.1 Å². The number of hydrogen-bond donors (Lipinski definition) is 1. The molecule has 29 heavy (non-hydrogen) atoms. The summed E-state index contributed by atoms with van der Waals surface area (Å²) in [6, 6.07) is 14.0. The second-order valence-corrected chi connectivity index (χ2v) is 8.30. The third kappa shape index (κ3) is 4.21. The maximum atomic E-state index is 13.9. The van der Waals surface area contributed by atoms with Gasteiger partial charge in [0.15, 0.2) is 3.95 Å². The molecule has 1 atom stereocenters. The van der Waals surface area contributed by atoms with Gasteiger partial charge in [0, 0.05) is 6.54 Å². The molecule has 0 amide bonds. The molecular weight excluding hydrogens is 411 g/mol. The first-order chi connectivity index (χ1) is 14.0. The van der Waals surface area contributed by atoms with Gasteiger partial charge in [-0.3, -0.25) is 9.69 Å². The summed E-state index contributed by atoms with van der Waals surface area (Å²) in [7, 11) is 1.39. The number of anilines is 2. The number of rotatable bonds is 5. The quantitative estimate of drug-likeness (QED) is 0.486. The maximum absolute atomic E-state index is 13.9. The number of nitrogens with zero attached hydrogens (tertiary/aromatic N) is 3. The highest BCUT2D eigenvalue weighted by molar-refractivity contribution is 7.73. The Balaban J connectivity index is 1.57. The van der Waals surface area contributed by atoms with E-state index in [4.69, 9.17) is 17.0 Å². The predicted octanol–water partition coefficient (Wildman–Crippen LogP) is 4.11. The molecule has 1 aliphatic rings. The van der Waals surface area contributed by atoms with Crippen molar-refractivity contribution in [1.29, 1.82) is 0 Å². The predicted molar refractivity (Wildman–Crippen MR) is 112 cm³/mol. The number of ether oxygens (including phenoxy) is 1. The monoisotopic (exact) mass is 430 g/mol. The van der Waals surface area contributed by atoms with Crippen molar-refractivity contribution in [3.8, 4) is 0 Å². The molecule has 2 heterocycles. The van der Waals surface area contributed by atoms with Crippen LogP contribution >= 0.6 is 23.6 Å². The third-order valence-corrected chi connectivity index (χ3v) is 6.08. The average Bonchev–Trinajstić information content (AvgIpc) is 3.07. The van der Waals surface area contributed by atoms with Crippen LogP contribution in [0.25, 0.3) is 0 Å². The summed E-state index contributed by atoms with van der Waals surface area (Å²) in [5.74, 6) is -0.649. The van der Waals surface area contributed by atoms with Gasteiger partial charge in [0.05, 0.1) is 19.5 Å². The molecule has 0 bridgehead atoms. The highest BCUT2D eigenvalue weighted by Gasteiger charge is 2.32. The van der Waals surface area contributed by atoms with Crippen LogP contribution in [0.2, 0.25) is 0 Å². The standard InChI is InChI=1S/C20H19FN4O2S2/c1-27-18(26)17-10-13-6-2-3-7-14(13)11-24(17)12-25-20(28)29-19(23-25)22-16-9-5-4-8-15(16)21/h2-9,17H,10-12H2,1H3,(H,22,23)/t17-/m0/s1. The molecular formula is C20H19FN4O2S2. The number of methoxy groups -OCH3 is 1. The SMILES string of the molecule is COC(=O)[C@@H]1Cc2ccccc2CN1Cn1nc(Nc2ccccc2F)sc1=S. The molecule has 150 valence electrons. The number of hydrogen-bond acceptors (Lipinski definition) is 7. The lowest BCUT2D eigenvalue weighted by atomic mass is 9.94. The number of halogens is 1. The first-order valence-corrected chi connectivity index (χ1v) is 10.3. The van der Waals surface area contributed by atoms with Crippen LogP contribution in [0.3, 0.4) is 0 Å². The second kappa shape index (κ2) is 8.40. The number of carbonyl (C=O) groups is 1. The van der Waals surface area contributed by atoms with Crippen LogP contribution in [-0.4, -0.2) is 33.8 Å². The fourth-order valence-corrected chi connectivity index (χ4v) is 4.40. The smallest absolute Gasteiger partial charge is 0.323 e. The molecule has 0 saturated carbocycles. The molecule has 4 rings (SSSR count). The van der Waals surface area contributed by atoms with Gasteiger partial charge in [0.25, 0.3) is 0 Å². The van der Waals surface area contributed by atoms with E-state index in [0.29, 0.717) is 34.4 Å². The van der Waals surface area contributed by atoms with Gasteiger partial charge in [-0.1, -0.05) is 47.7 Å². The van der Waals surface area contributed by atoms with Gasteiger partial charge in [-0.15, -0.1) is 5.10 Å². The van der Waals surface area contributed by atoms with Crippen molar-refractivity contribution in [3.63, 3.8) is 0 Å². The Labute approximate surface area is 176 Å². The summed E-state index contributed by atoms with van der Waals surface area (Å²) in [5.41, 5.74) is 2.64. The number of fused-ring (bicyclic) bond motifs is 1. The van der Waals surface area contributed by atoms with Crippen molar-refractivity contribution >= 4 is 40.3 Å². The molecule has 0 unspecified atom stereocenters. The zero-order valence-electron chi connectivity index (χ0n) is 15.7. The first-order valence-electron chi connectivity index (χ1n) is 9.03. The molecule has 1 aromatic heterocycles. The fourth-order valence-electron chi connectivity index (χ4n) is 3.39. The van der Waals surface area contributed by atoms with Crippen LogP contribution in [0.15, 0.2) is 48.5 Å². The average molecular weight is 431 g/mol. The largest absolute Gasteiger partial charge is 0.468 e. The van der Waals surface area contributed by atoms with Crippen molar-refractivity contribution in [1.82, 2.24) is 14.7 Å². The zero-order chi connectivity index (χ0) is 20.4. The van der Waals surface area contributed by atoms with Crippen LogP contribution in [0.4, 0.5) is 15.2 Å². The molecule has 0 saturated heterocycles. The first kappa shape index (κ1) is 19.7. The minimum absolute atomic E-state index is 0.286. The van der Waals surface area contributed by atoms with Gasteiger partial charge >= 0.3 is 5.97 Å². The molecule has 1 N–H and O–H groups in total. The molecule has 0 aliphatic carbocycles. The Morgan fingerprint density at radius 1 is 1.28 bits per heavy atom. The molecule has 3 aromatic rings. The molecule has 9 heteroatoms. The molecule has 0 spiro atoms. The van der Waals surface area contributed by atoms with Crippen LogP contribution in [-0.2, 0) is 29.2 Å². The summed E-state index contributed by atoms with van der Waals surface area (Å²) < 4.78 is 21.1. The molecule has 1 aliphatic heterocycles. The number of para-hydroxylation sites is 1. The van der Waals surface area contributed by atoms with Crippen molar-refractivity contribution < 1.29 is 13.9 Å². The summed E-state index contributed by atoms with van der Waals surface area (Å²) >= 11 is 6.70. The van der Waals surface area contributed by atoms with Crippen molar-refractivity contribution in [2.45, 2.75) is 25.7 Å². The third-order valence-electron chi connectivity index (χ3n) is 4.86. The van der Waals surface area contributed by atoms with E-state index in [1.807, 2.05) is 23.1 Å². The van der Waals surface area contributed by atoms with Crippen molar-refractivity contribution in [2.75, 3.05) is 12.4 Å². The summed E-state index contributed by atoms with van der Waals surface area (Å²) in [4.78, 5) is 14.4. The van der Waals surface area contributed by atoms with E-state index in [2.05, 4.69) is 16.5 Å². The van der Waals surface area contributed by atoms with Gasteiger partial charge in [-0.25, -0.2) is 9.07 Å². The summed E-state index contributed by atoms with van der Waals surface area (Å²) in [6.07, 6.45) is 0.570. The Hall–Kier alpha value is -2.62. The van der Waals surface area contributed by atoms with Crippen LogP contribution in [0.1, 0.15) is 11.1 Å². The molecule has 6 nitrogen and oxygen atoms in total. The van der Waals surface area contributed by atoms with Gasteiger partial charge in [-0.05, 0) is 41.9 Å². The number of benzene rings is 2. The van der Waals surface area contributed by atoms with Crippen LogP contribution < -0.4 is 5.32 Å². The van der Waals surface area contributed by atoms with Crippen molar-refractivity contribution in [2.24, 2.45) is 0 Å². The Morgan fingerprint density at radius 3 is 2.76 bits per heavy atom. The highest BCUT2D eigenvalue weighted by Crippen LogP contribution is 2.26.